The molecule has 0 bridgehead atoms. The summed E-state index contributed by atoms with van der Waals surface area (Å²) in [6, 6.07) is 0. The van der Waals surface area contributed by atoms with Gasteiger partial charge in [-0.25, -0.2) is 0 Å². The molecule has 0 amide bonds. The first kappa shape index (κ1) is 14.6. The number of thiocarbonyl (C=S) groups is 1. The van der Waals surface area contributed by atoms with Gasteiger partial charge < -0.3 is 4.74 Å². The summed E-state index contributed by atoms with van der Waals surface area (Å²) in [7, 11) is 0. The number of hydrogen-bond acceptors (Lipinski definition) is 3. The van der Waals surface area contributed by atoms with Gasteiger partial charge in [-0.3, -0.25) is 4.79 Å². The van der Waals surface area contributed by atoms with E-state index in [4.69, 9.17) is 17.0 Å². The molecule has 1 rings (SSSR count). The predicted molar refractivity (Wildman–Crippen MR) is 74.0 cm³/mol. The molecule has 0 radical (unpaired) electrons. The van der Waals surface area contributed by atoms with E-state index in [0.717, 1.165) is 6.42 Å². The maximum Gasteiger partial charge on any atom is 0.312 e. The second-order valence-corrected chi connectivity index (χ2v) is 5.36. The molecular formula is C14H24O2S. The van der Waals surface area contributed by atoms with Crippen LogP contribution in [0.5, 0.6) is 0 Å². The molecule has 98 valence electrons. The minimum Gasteiger partial charge on any atom is -0.419 e. The van der Waals surface area contributed by atoms with E-state index in [2.05, 4.69) is 6.92 Å². The van der Waals surface area contributed by atoms with Crippen LogP contribution in [0, 0.1) is 5.92 Å². The molecule has 1 unspecified atom stereocenters. The Bertz CT molecular complexity index is 251. The number of carbonyl (C=O) groups is 1. The molecular weight excluding hydrogens is 232 g/mol. The number of ether oxygens (including phenoxy) is 1. The Labute approximate surface area is 110 Å². The van der Waals surface area contributed by atoms with E-state index in [9.17, 15) is 4.79 Å². The lowest BCUT2D eigenvalue weighted by atomic mass is 9.99. The molecule has 1 aliphatic heterocycles. The molecule has 1 saturated heterocycles. The van der Waals surface area contributed by atoms with E-state index in [1.54, 1.807) is 0 Å². The van der Waals surface area contributed by atoms with Crippen LogP contribution in [0.2, 0.25) is 0 Å². The smallest absolute Gasteiger partial charge is 0.312 e. The predicted octanol–water partition coefficient (Wildman–Crippen LogP) is 4.41. The van der Waals surface area contributed by atoms with E-state index < -0.39 is 0 Å². The van der Waals surface area contributed by atoms with E-state index >= 15 is 0 Å². The van der Waals surface area contributed by atoms with Crippen LogP contribution in [0.1, 0.15) is 71.1 Å². The number of cyclic esters (lactones) is 1. The zero-order chi connectivity index (χ0) is 12.5. The van der Waals surface area contributed by atoms with E-state index in [0.29, 0.717) is 11.5 Å². The highest BCUT2D eigenvalue weighted by Gasteiger charge is 2.28. The van der Waals surface area contributed by atoms with Crippen LogP contribution < -0.4 is 0 Å². The molecule has 0 aromatic rings. The maximum atomic E-state index is 11.0. The zero-order valence-corrected chi connectivity index (χ0v) is 11.7. The summed E-state index contributed by atoms with van der Waals surface area (Å²) in [4.78, 5) is 11.0. The van der Waals surface area contributed by atoms with Crippen molar-refractivity contribution in [3.05, 3.63) is 0 Å². The van der Waals surface area contributed by atoms with Gasteiger partial charge >= 0.3 is 5.97 Å². The van der Waals surface area contributed by atoms with Crippen LogP contribution in [-0.4, -0.2) is 11.0 Å². The number of carbonyl (C=O) groups excluding carboxylic acids is 1. The molecule has 0 N–H and O–H groups in total. The summed E-state index contributed by atoms with van der Waals surface area (Å²) in [6.07, 6.45) is 12.1. The van der Waals surface area contributed by atoms with Crippen LogP contribution in [0.3, 0.4) is 0 Å². The van der Waals surface area contributed by atoms with Crippen LogP contribution in [-0.2, 0) is 9.53 Å². The third-order valence-electron chi connectivity index (χ3n) is 3.37. The molecule has 0 aromatic carbocycles. The normalized spacial score (nSPS) is 19.7. The SMILES string of the molecule is CCCCCCCCCCC1CC(=O)OC1=S. The summed E-state index contributed by atoms with van der Waals surface area (Å²) in [5, 5.41) is 0.526. The third-order valence-corrected chi connectivity index (χ3v) is 3.78. The minimum atomic E-state index is -0.139. The Balaban J connectivity index is 1.91. The van der Waals surface area contributed by atoms with E-state index in [1.807, 2.05) is 0 Å². The Hall–Kier alpha value is -0.440. The molecule has 0 aromatic heterocycles. The monoisotopic (exact) mass is 256 g/mol. The first-order valence-corrected chi connectivity index (χ1v) is 7.39. The van der Waals surface area contributed by atoms with E-state index in [1.165, 1.54) is 51.4 Å². The quantitative estimate of drug-likeness (QED) is 0.347. The highest BCUT2D eigenvalue weighted by molar-refractivity contribution is 7.80. The topological polar surface area (TPSA) is 26.3 Å². The molecule has 1 atom stereocenters. The Morgan fingerprint density at radius 1 is 1.12 bits per heavy atom. The molecule has 17 heavy (non-hydrogen) atoms. The van der Waals surface area contributed by atoms with Crippen molar-refractivity contribution in [2.75, 3.05) is 0 Å². The zero-order valence-electron chi connectivity index (χ0n) is 10.9. The van der Waals surface area contributed by atoms with Crippen LogP contribution >= 0.6 is 12.2 Å². The molecule has 2 nitrogen and oxygen atoms in total. The summed E-state index contributed by atoms with van der Waals surface area (Å²) < 4.78 is 4.89. The highest BCUT2D eigenvalue weighted by Crippen LogP contribution is 2.23. The number of rotatable bonds is 9. The van der Waals surface area contributed by atoms with Crippen molar-refractivity contribution in [2.45, 2.75) is 71.1 Å². The van der Waals surface area contributed by atoms with Crippen molar-refractivity contribution in [3.8, 4) is 0 Å². The number of hydrogen-bond donors (Lipinski definition) is 0. The van der Waals surface area contributed by atoms with Gasteiger partial charge in [0.05, 0.1) is 6.42 Å². The molecule has 0 saturated carbocycles. The van der Waals surface area contributed by atoms with Gasteiger partial charge in [-0.15, -0.1) is 0 Å². The lowest BCUT2D eigenvalue weighted by Crippen LogP contribution is -2.04. The van der Waals surface area contributed by atoms with Gasteiger partial charge in [0.1, 0.15) is 0 Å². The van der Waals surface area contributed by atoms with Crippen LogP contribution in [0.4, 0.5) is 0 Å². The summed E-state index contributed by atoms with van der Waals surface area (Å²) in [6.45, 7) is 2.24. The van der Waals surface area contributed by atoms with Crippen LogP contribution in [0.15, 0.2) is 0 Å². The highest BCUT2D eigenvalue weighted by atomic mass is 32.1. The third kappa shape index (κ3) is 6.16. The molecule has 3 heteroatoms. The fourth-order valence-electron chi connectivity index (χ4n) is 2.27. The standard InChI is InChI=1S/C14H24O2S/c1-2-3-4-5-6-7-8-9-10-12-11-13(15)16-14(12)17/h12H,2-11H2,1H3. The van der Waals surface area contributed by atoms with Gasteiger partial charge in [0.2, 0.25) is 0 Å². The van der Waals surface area contributed by atoms with Gasteiger partial charge in [0, 0.05) is 5.92 Å². The Kier molecular flexibility index (Phi) is 7.41. The van der Waals surface area contributed by atoms with Crippen molar-refractivity contribution >= 4 is 23.2 Å². The molecule has 0 aliphatic carbocycles. The summed E-state index contributed by atoms with van der Waals surface area (Å²) in [5.74, 6) is 0.0807. The molecule has 1 heterocycles. The Morgan fingerprint density at radius 2 is 1.71 bits per heavy atom. The molecule has 0 spiro atoms. The van der Waals surface area contributed by atoms with Gasteiger partial charge in [-0.05, 0) is 18.6 Å². The summed E-state index contributed by atoms with van der Waals surface area (Å²) >= 11 is 5.02. The Morgan fingerprint density at radius 3 is 2.24 bits per heavy atom. The fraction of sp³-hybridized carbons (Fsp3) is 0.857. The second-order valence-electron chi connectivity index (χ2n) is 4.96. The first-order valence-electron chi connectivity index (χ1n) is 6.98. The number of esters is 1. The second kappa shape index (κ2) is 8.62. The first-order chi connectivity index (χ1) is 8.24. The van der Waals surface area contributed by atoms with Crippen LogP contribution in [0.25, 0.3) is 0 Å². The average molecular weight is 256 g/mol. The average Bonchev–Trinajstić information content (AvgIpc) is 2.61. The fourth-order valence-corrected chi connectivity index (χ4v) is 2.56. The van der Waals surface area contributed by atoms with E-state index in [-0.39, 0.29) is 11.9 Å². The number of unbranched alkanes of at least 4 members (excludes halogenated alkanes) is 7. The van der Waals surface area contributed by atoms with Gasteiger partial charge in [0.25, 0.3) is 0 Å². The van der Waals surface area contributed by atoms with Crippen molar-refractivity contribution < 1.29 is 9.53 Å². The van der Waals surface area contributed by atoms with Crippen molar-refractivity contribution in [1.82, 2.24) is 0 Å². The molecule has 1 aliphatic rings. The van der Waals surface area contributed by atoms with Gasteiger partial charge in [-0.2, -0.15) is 0 Å². The van der Waals surface area contributed by atoms with Gasteiger partial charge in [-0.1, -0.05) is 58.3 Å². The minimum absolute atomic E-state index is 0.139. The van der Waals surface area contributed by atoms with Crippen molar-refractivity contribution in [2.24, 2.45) is 5.92 Å². The molecule has 1 fully saturated rings. The lowest BCUT2D eigenvalue weighted by molar-refractivity contribution is -0.133. The van der Waals surface area contributed by atoms with Gasteiger partial charge in [0.15, 0.2) is 5.05 Å². The lowest BCUT2D eigenvalue weighted by Gasteiger charge is -2.06. The maximum absolute atomic E-state index is 11.0. The largest absolute Gasteiger partial charge is 0.419 e. The van der Waals surface area contributed by atoms with Crippen molar-refractivity contribution in [1.29, 1.82) is 0 Å². The van der Waals surface area contributed by atoms with Crippen molar-refractivity contribution in [3.63, 3.8) is 0 Å². The summed E-state index contributed by atoms with van der Waals surface area (Å²) in [5.41, 5.74) is 0.